The lowest BCUT2D eigenvalue weighted by molar-refractivity contribution is -0.121. The summed E-state index contributed by atoms with van der Waals surface area (Å²) in [6.45, 7) is 3.97. The van der Waals surface area contributed by atoms with Gasteiger partial charge in [-0.05, 0) is 18.4 Å². The molecular weight excluding hydrogens is 240 g/mol. The SMILES string of the molecule is CCCOCCCNC(=O)C(C#N)c1ccccc1. The van der Waals surface area contributed by atoms with Gasteiger partial charge < -0.3 is 10.1 Å². The van der Waals surface area contributed by atoms with Crippen molar-refractivity contribution in [3.63, 3.8) is 0 Å². The molecule has 4 nitrogen and oxygen atoms in total. The minimum absolute atomic E-state index is 0.246. The van der Waals surface area contributed by atoms with Gasteiger partial charge in [-0.15, -0.1) is 0 Å². The lowest BCUT2D eigenvalue weighted by atomic mass is 10.00. The minimum atomic E-state index is -0.738. The molecule has 0 saturated carbocycles. The van der Waals surface area contributed by atoms with Gasteiger partial charge in [0.1, 0.15) is 5.92 Å². The van der Waals surface area contributed by atoms with Gasteiger partial charge in [-0.3, -0.25) is 4.79 Å². The van der Waals surface area contributed by atoms with Crippen LogP contribution in [0.3, 0.4) is 0 Å². The van der Waals surface area contributed by atoms with Crippen molar-refractivity contribution in [3.8, 4) is 6.07 Å². The third-order valence-corrected chi connectivity index (χ3v) is 2.64. The van der Waals surface area contributed by atoms with Gasteiger partial charge in [0.25, 0.3) is 0 Å². The summed E-state index contributed by atoms with van der Waals surface area (Å²) in [7, 11) is 0. The highest BCUT2D eigenvalue weighted by molar-refractivity contribution is 5.86. The fourth-order valence-electron chi connectivity index (χ4n) is 1.66. The van der Waals surface area contributed by atoms with Crippen LogP contribution in [-0.2, 0) is 9.53 Å². The highest BCUT2D eigenvalue weighted by atomic mass is 16.5. The van der Waals surface area contributed by atoms with E-state index in [0.29, 0.717) is 13.2 Å². The maximum Gasteiger partial charge on any atom is 0.241 e. The van der Waals surface area contributed by atoms with Gasteiger partial charge in [-0.25, -0.2) is 0 Å². The quantitative estimate of drug-likeness (QED) is 0.729. The summed E-state index contributed by atoms with van der Waals surface area (Å²) in [5.41, 5.74) is 0.727. The smallest absolute Gasteiger partial charge is 0.241 e. The van der Waals surface area contributed by atoms with Gasteiger partial charge in [0.05, 0.1) is 6.07 Å². The molecule has 1 aromatic rings. The average Bonchev–Trinajstić information content (AvgIpc) is 2.45. The molecule has 4 heteroatoms. The van der Waals surface area contributed by atoms with E-state index in [-0.39, 0.29) is 5.91 Å². The van der Waals surface area contributed by atoms with Crippen LogP contribution in [0.25, 0.3) is 0 Å². The van der Waals surface area contributed by atoms with Gasteiger partial charge in [0.15, 0.2) is 0 Å². The molecule has 1 unspecified atom stereocenters. The molecule has 1 rings (SSSR count). The first-order valence-corrected chi connectivity index (χ1v) is 6.59. The number of nitrogens with zero attached hydrogens (tertiary/aromatic N) is 1. The molecule has 19 heavy (non-hydrogen) atoms. The monoisotopic (exact) mass is 260 g/mol. The predicted octanol–water partition coefficient (Wildman–Crippen LogP) is 2.23. The Labute approximate surface area is 114 Å². The van der Waals surface area contributed by atoms with Crippen LogP contribution in [0, 0.1) is 11.3 Å². The number of hydrogen-bond acceptors (Lipinski definition) is 3. The summed E-state index contributed by atoms with van der Waals surface area (Å²) in [5, 5.41) is 11.9. The van der Waals surface area contributed by atoms with Crippen LogP contribution in [0.5, 0.6) is 0 Å². The van der Waals surface area contributed by atoms with E-state index < -0.39 is 5.92 Å². The summed E-state index contributed by atoms with van der Waals surface area (Å²) < 4.78 is 5.32. The number of amides is 1. The molecule has 0 aliphatic heterocycles. The Balaban J connectivity index is 2.34. The van der Waals surface area contributed by atoms with Crippen molar-refractivity contribution < 1.29 is 9.53 Å². The number of hydrogen-bond donors (Lipinski definition) is 1. The van der Waals surface area contributed by atoms with E-state index in [0.717, 1.165) is 25.0 Å². The van der Waals surface area contributed by atoms with Crippen LogP contribution >= 0.6 is 0 Å². The first-order chi connectivity index (χ1) is 9.29. The largest absolute Gasteiger partial charge is 0.381 e. The molecule has 0 bridgehead atoms. The third kappa shape index (κ3) is 5.54. The molecule has 1 atom stereocenters. The Morgan fingerprint density at radius 1 is 1.37 bits per heavy atom. The predicted molar refractivity (Wildman–Crippen MR) is 73.5 cm³/mol. The summed E-state index contributed by atoms with van der Waals surface area (Å²) in [4.78, 5) is 11.9. The molecule has 0 radical (unpaired) electrons. The summed E-state index contributed by atoms with van der Waals surface area (Å²) in [6.07, 6.45) is 1.76. The van der Waals surface area contributed by atoms with Gasteiger partial charge in [0.2, 0.25) is 5.91 Å². The maximum atomic E-state index is 11.9. The zero-order valence-corrected chi connectivity index (χ0v) is 11.3. The summed E-state index contributed by atoms with van der Waals surface area (Å²) in [6, 6.07) is 11.1. The van der Waals surface area contributed by atoms with Crippen LogP contribution in [-0.4, -0.2) is 25.7 Å². The number of rotatable bonds is 8. The summed E-state index contributed by atoms with van der Waals surface area (Å²) in [5.74, 6) is -0.984. The molecule has 0 heterocycles. The Morgan fingerprint density at radius 2 is 2.11 bits per heavy atom. The van der Waals surface area contributed by atoms with Crippen LogP contribution in [0.15, 0.2) is 30.3 Å². The lowest BCUT2D eigenvalue weighted by Crippen LogP contribution is -2.30. The lowest BCUT2D eigenvalue weighted by Gasteiger charge is -2.10. The van der Waals surface area contributed by atoms with Gasteiger partial charge >= 0.3 is 0 Å². The van der Waals surface area contributed by atoms with Crippen molar-refractivity contribution >= 4 is 5.91 Å². The molecule has 0 spiro atoms. The standard InChI is InChI=1S/C15H20N2O2/c1-2-10-19-11-6-9-17-15(18)14(12-16)13-7-4-3-5-8-13/h3-5,7-8,14H,2,6,9-11H2,1H3,(H,17,18). The van der Waals surface area contributed by atoms with E-state index in [2.05, 4.69) is 12.2 Å². The van der Waals surface area contributed by atoms with Crippen LogP contribution in [0.4, 0.5) is 0 Å². The van der Waals surface area contributed by atoms with E-state index >= 15 is 0 Å². The van der Waals surface area contributed by atoms with Gasteiger partial charge in [-0.1, -0.05) is 37.3 Å². The van der Waals surface area contributed by atoms with Crippen molar-refractivity contribution in [2.24, 2.45) is 0 Å². The van der Waals surface area contributed by atoms with E-state index in [9.17, 15) is 4.79 Å². The van der Waals surface area contributed by atoms with E-state index in [4.69, 9.17) is 10.00 Å². The first kappa shape index (κ1) is 15.2. The second-order valence-electron chi connectivity index (χ2n) is 4.23. The Kier molecular flexibility index (Phi) is 7.30. The van der Waals surface area contributed by atoms with Gasteiger partial charge in [0, 0.05) is 19.8 Å². The van der Waals surface area contributed by atoms with Crippen molar-refractivity contribution in [2.45, 2.75) is 25.7 Å². The second-order valence-corrected chi connectivity index (χ2v) is 4.23. The maximum absolute atomic E-state index is 11.9. The van der Waals surface area contributed by atoms with Crippen LogP contribution in [0.1, 0.15) is 31.2 Å². The summed E-state index contributed by atoms with van der Waals surface area (Å²) >= 11 is 0. The molecule has 0 saturated heterocycles. The number of nitrogens with one attached hydrogen (secondary N) is 1. The molecule has 0 aliphatic carbocycles. The van der Waals surface area contributed by atoms with E-state index in [1.165, 1.54) is 0 Å². The number of nitriles is 1. The second kappa shape index (κ2) is 9.12. The number of ether oxygens (including phenoxy) is 1. The van der Waals surface area contributed by atoms with Crippen LogP contribution < -0.4 is 5.32 Å². The number of carbonyl (C=O) groups excluding carboxylic acids is 1. The van der Waals surface area contributed by atoms with Crippen molar-refractivity contribution in [1.82, 2.24) is 5.32 Å². The number of benzene rings is 1. The molecule has 1 amide bonds. The van der Waals surface area contributed by atoms with Crippen molar-refractivity contribution in [3.05, 3.63) is 35.9 Å². The van der Waals surface area contributed by atoms with Gasteiger partial charge in [-0.2, -0.15) is 5.26 Å². The van der Waals surface area contributed by atoms with Crippen molar-refractivity contribution in [1.29, 1.82) is 5.26 Å². The molecule has 1 N–H and O–H groups in total. The normalized spacial score (nSPS) is 11.6. The molecule has 0 fully saturated rings. The topological polar surface area (TPSA) is 62.1 Å². The highest BCUT2D eigenvalue weighted by Gasteiger charge is 2.18. The average molecular weight is 260 g/mol. The third-order valence-electron chi connectivity index (χ3n) is 2.64. The fraction of sp³-hybridized carbons (Fsp3) is 0.467. The molecule has 0 aromatic heterocycles. The van der Waals surface area contributed by atoms with Crippen molar-refractivity contribution in [2.75, 3.05) is 19.8 Å². The minimum Gasteiger partial charge on any atom is -0.381 e. The Bertz CT molecular complexity index is 412. The zero-order chi connectivity index (χ0) is 13.9. The Morgan fingerprint density at radius 3 is 2.74 bits per heavy atom. The molecule has 0 aliphatic rings. The highest BCUT2D eigenvalue weighted by Crippen LogP contribution is 2.14. The fourth-order valence-corrected chi connectivity index (χ4v) is 1.66. The Hall–Kier alpha value is -1.86. The molecule has 102 valence electrons. The number of carbonyl (C=O) groups is 1. The van der Waals surface area contributed by atoms with E-state index in [1.54, 1.807) is 12.1 Å². The molecule has 1 aromatic carbocycles. The van der Waals surface area contributed by atoms with E-state index in [1.807, 2.05) is 24.3 Å². The first-order valence-electron chi connectivity index (χ1n) is 6.59. The molecular formula is C15H20N2O2. The zero-order valence-electron chi connectivity index (χ0n) is 11.3. The van der Waals surface area contributed by atoms with Crippen LogP contribution in [0.2, 0.25) is 0 Å².